The standard InChI is InChI=1S/C13H22N4O/c1-3-12-9-18-5-4-17(12)13-15-7-11(8-16-13)6-10(2)14/h7-8,10,12H,3-6,9,14H2,1-2H3. The molecule has 1 aromatic rings. The molecule has 2 unspecified atom stereocenters. The monoisotopic (exact) mass is 250 g/mol. The van der Waals surface area contributed by atoms with Gasteiger partial charge in [-0.15, -0.1) is 0 Å². The Balaban J connectivity index is 2.07. The van der Waals surface area contributed by atoms with Crippen molar-refractivity contribution in [3.05, 3.63) is 18.0 Å². The lowest BCUT2D eigenvalue weighted by Gasteiger charge is -2.35. The molecule has 2 rings (SSSR count). The van der Waals surface area contributed by atoms with Gasteiger partial charge in [0.15, 0.2) is 0 Å². The fourth-order valence-corrected chi connectivity index (χ4v) is 2.23. The first-order valence-electron chi connectivity index (χ1n) is 6.61. The van der Waals surface area contributed by atoms with Crippen LogP contribution in [0.2, 0.25) is 0 Å². The van der Waals surface area contributed by atoms with Crippen molar-refractivity contribution in [3.8, 4) is 0 Å². The molecule has 5 nitrogen and oxygen atoms in total. The van der Waals surface area contributed by atoms with Crippen LogP contribution in [0.5, 0.6) is 0 Å². The predicted octanol–water partition coefficient (Wildman–Crippen LogP) is 0.981. The highest BCUT2D eigenvalue weighted by atomic mass is 16.5. The molecule has 1 aliphatic rings. The highest BCUT2D eigenvalue weighted by molar-refractivity contribution is 5.32. The summed E-state index contributed by atoms with van der Waals surface area (Å²) in [5.74, 6) is 0.804. The van der Waals surface area contributed by atoms with Crippen LogP contribution in [0.1, 0.15) is 25.8 Å². The lowest BCUT2D eigenvalue weighted by Crippen LogP contribution is -2.46. The first-order valence-corrected chi connectivity index (χ1v) is 6.61. The zero-order valence-electron chi connectivity index (χ0n) is 11.2. The van der Waals surface area contributed by atoms with Crippen molar-refractivity contribution in [2.24, 2.45) is 5.73 Å². The van der Waals surface area contributed by atoms with E-state index in [4.69, 9.17) is 10.5 Å². The average Bonchev–Trinajstić information content (AvgIpc) is 2.39. The lowest BCUT2D eigenvalue weighted by molar-refractivity contribution is 0.0921. The third kappa shape index (κ3) is 3.17. The molecule has 5 heteroatoms. The molecule has 1 aromatic heterocycles. The summed E-state index contributed by atoms with van der Waals surface area (Å²) in [4.78, 5) is 11.1. The van der Waals surface area contributed by atoms with Crippen LogP contribution in [-0.2, 0) is 11.2 Å². The maximum absolute atomic E-state index is 5.77. The minimum atomic E-state index is 0.145. The second kappa shape index (κ2) is 6.11. The number of ether oxygens (including phenoxy) is 1. The molecule has 1 fully saturated rings. The van der Waals surface area contributed by atoms with E-state index >= 15 is 0 Å². The second-order valence-corrected chi connectivity index (χ2v) is 4.90. The Labute approximate surface area is 108 Å². The van der Waals surface area contributed by atoms with Gasteiger partial charge in [-0.05, 0) is 25.3 Å². The molecule has 0 amide bonds. The van der Waals surface area contributed by atoms with Crippen LogP contribution in [0.4, 0.5) is 5.95 Å². The summed E-state index contributed by atoms with van der Waals surface area (Å²) in [6, 6.07) is 0.532. The number of nitrogens with zero attached hydrogens (tertiary/aromatic N) is 3. The first kappa shape index (κ1) is 13.2. The molecule has 18 heavy (non-hydrogen) atoms. The number of aromatic nitrogens is 2. The van der Waals surface area contributed by atoms with Crippen LogP contribution in [0.25, 0.3) is 0 Å². The minimum absolute atomic E-state index is 0.145. The van der Waals surface area contributed by atoms with E-state index in [1.54, 1.807) is 0 Å². The van der Waals surface area contributed by atoms with Gasteiger partial charge in [0.05, 0.1) is 19.3 Å². The van der Waals surface area contributed by atoms with Crippen LogP contribution < -0.4 is 10.6 Å². The summed E-state index contributed by atoms with van der Waals surface area (Å²) in [5, 5.41) is 0. The molecule has 100 valence electrons. The molecule has 1 aliphatic heterocycles. The molecule has 0 aliphatic carbocycles. The van der Waals surface area contributed by atoms with Crippen LogP contribution >= 0.6 is 0 Å². The second-order valence-electron chi connectivity index (χ2n) is 4.90. The molecule has 0 bridgehead atoms. The fraction of sp³-hybridized carbons (Fsp3) is 0.692. The smallest absolute Gasteiger partial charge is 0.225 e. The van der Waals surface area contributed by atoms with Crippen molar-refractivity contribution in [2.75, 3.05) is 24.7 Å². The van der Waals surface area contributed by atoms with Crippen molar-refractivity contribution in [1.82, 2.24) is 9.97 Å². The Morgan fingerprint density at radius 1 is 1.50 bits per heavy atom. The van der Waals surface area contributed by atoms with Gasteiger partial charge in [0, 0.05) is 25.0 Å². The van der Waals surface area contributed by atoms with E-state index in [2.05, 4.69) is 21.8 Å². The van der Waals surface area contributed by atoms with Gasteiger partial charge >= 0.3 is 0 Å². The first-order chi connectivity index (χ1) is 8.70. The summed E-state index contributed by atoms with van der Waals surface area (Å²) in [6.07, 6.45) is 5.63. The molecule has 0 radical (unpaired) electrons. The molecule has 2 atom stereocenters. The van der Waals surface area contributed by atoms with E-state index in [1.165, 1.54) is 0 Å². The molecule has 2 heterocycles. The summed E-state index contributed by atoms with van der Waals surface area (Å²) in [7, 11) is 0. The third-order valence-electron chi connectivity index (χ3n) is 3.21. The van der Waals surface area contributed by atoms with Gasteiger partial charge in [0.25, 0.3) is 0 Å². The lowest BCUT2D eigenvalue weighted by atomic mass is 10.1. The summed E-state index contributed by atoms with van der Waals surface area (Å²) in [5.41, 5.74) is 6.86. The van der Waals surface area contributed by atoms with Crippen molar-refractivity contribution < 1.29 is 4.74 Å². The Morgan fingerprint density at radius 2 is 2.22 bits per heavy atom. The van der Waals surface area contributed by atoms with E-state index in [1.807, 2.05) is 19.3 Å². The molecule has 2 N–H and O–H groups in total. The normalized spacial score (nSPS) is 21.9. The number of hydrogen-bond acceptors (Lipinski definition) is 5. The number of anilines is 1. The van der Waals surface area contributed by atoms with E-state index in [0.29, 0.717) is 6.04 Å². The molecule has 0 saturated carbocycles. The van der Waals surface area contributed by atoms with E-state index in [9.17, 15) is 0 Å². The third-order valence-corrected chi connectivity index (χ3v) is 3.21. The van der Waals surface area contributed by atoms with E-state index in [0.717, 1.165) is 44.1 Å². The summed E-state index contributed by atoms with van der Waals surface area (Å²) < 4.78 is 5.49. The average molecular weight is 250 g/mol. The van der Waals surface area contributed by atoms with Gasteiger partial charge in [0.1, 0.15) is 0 Å². The van der Waals surface area contributed by atoms with Gasteiger partial charge in [-0.1, -0.05) is 6.92 Å². The number of rotatable bonds is 4. The van der Waals surface area contributed by atoms with Crippen molar-refractivity contribution >= 4 is 5.95 Å². The van der Waals surface area contributed by atoms with Crippen molar-refractivity contribution in [3.63, 3.8) is 0 Å². The fourth-order valence-electron chi connectivity index (χ4n) is 2.23. The van der Waals surface area contributed by atoms with Gasteiger partial charge in [-0.25, -0.2) is 9.97 Å². The van der Waals surface area contributed by atoms with E-state index in [-0.39, 0.29) is 6.04 Å². The van der Waals surface area contributed by atoms with Gasteiger partial charge in [-0.2, -0.15) is 0 Å². The van der Waals surface area contributed by atoms with Crippen LogP contribution in [-0.4, -0.2) is 41.8 Å². The molecular formula is C13H22N4O. The maximum atomic E-state index is 5.77. The predicted molar refractivity (Wildman–Crippen MR) is 71.6 cm³/mol. The highest BCUT2D eigenvalue weighted by Crippen LogP contribution is 2.17. The van der Waals surface area contributed by atoms with Crippen molar-refractivity contribution in [2.45, 2.75) is 38.8 Å². The largest absolute Gasteiger partial charge is 0.377 e. The Kier molecular flexibility index (Phi) is 4.49. The highest BCUT2D eigenvalue weighted by Gasteiger charge is 2.23. The van der Waals surface area contributed by atoms with Crippen LogP contribution in [0, 0.1) is 0 Å². The molecule has 0 aromatic carbocycles. The molecule has 0 spiro atoms. The van der Waals surface area contributed by atoms with Gasteiger partial charge in [-0.3, -0.25) is 0 Å². The number of nitrogens with two attached hydrogens (primary N) is 1. The van der Waals surface area contributed by atoms with E-state index < -0.39 is 0 Å². The topological polar surface area (TPSA) is 64.3 Å². The molecule has 1 saturated heterocycles. The maximum Gasteiger partial charge on any atom is 0.225 e. The number of hydrogen-bond donors (Lipinski definition) is 1. The summed E-state index contributed by atoms with van der Waals surface area (Å²) >= 11 is 0. The zero-order valence-corrected chi connectivity index (χ0v) is 11.2. The Hall–Kier alpha value is -1.20. The Morgan fingerprint density at radius 3 is 2.83 bits per heavy atom. The Bertz CT molecular complexity index is 366. The minimum Gasteiger partial charge on any atom is -0.377 e. The molecular weight excluding hydrogens is 228 g/mol. The van der Waals surface area contributed by atoms with Crippen molar-refractivity contribution in [1.29, 1.82) is 0 Å². The van der Waals surface area contributed by atoms with Crippen LogP contribution in [0.15, 0.2) is 12.4 Å². The SMILES string of the molecule is CCC1COCCN1c1ncc(CC(C)N)cn1. The van der Waals surface area contributed by atoms with Gasteiger partial charge < -0.3 is 15.4 Å². The number of morpholine rings is 1. The van der Waals surface area contributed by atoms with Crippen LogP contribution in [0.3, 0.4) is 0 Å². The summed E-state index contributed by atoms with van der Waals surface area (Å²) in [6.45, 7) is 6.54. The van der Waals surface area contributed by atoms with Gasteiger partial charge in [0.2, 0.25) is 5.95 Å². The zero-order chi connectivity index (χ0) is 13.0. The quantitative estimate of drug-likeness (QED) is 0.863.